The standard InChI is InChI=1S/C14H22O3.C13H20O2.2C12H20O2.2C11H18O2.C10H16O2.C9H16O.C8H14O.C5H9ClO/c1-5-6-11(15)7-8-12(16)9-10-13(17)14(2,3)4;1-13(2,3)12(15)9-8-11(14)7-6-10-4-5-10;1-9(2)8-10(13)6-7-11(14)12(3,4)5;1-5-6-7-10(13)8-9-11(14)12(2,3)4;1-8(2)9(12)6-7-10(13)11(3,4)5;1-5-6-9(12)7-8-10(13)11(2,3)4;1-5-8(11)6-7-9(12)10(2,3)4;1-7(2)6-8(10)9(3,4)5;1-5-6-7(9)8(2,3)4;1-4(2)5(7)3-6/h5-6H,7-10H2,1-4H3;6-7,10H,4-5,8-9H2,1-3H3;8H,6-7H2,1-5H3;6-7H,5,8-9H2,1-4H3;1,6-7H2,2-5H3;5-6H,7-8H2,1-4H3;5H,1,6-7H2,2-4H3;6H,1-5H3;5-6H,1-4H3;4H,3H2,1-2H3/b6-5+;7-6+;;7-6+;;6-5+;;;6-5+;. The van der Waals surface area contributed by atoms with Gasteiger partial charge >= 0.3 is 0 Å². The number of alkyl halides is 1. The van der Waals surface area contributed by atoms with Crippen LogP contribution in [0.25, 0.3) is 0 Å². The lowest BCUT2D eigenvalue weighted by molar-refractivity contribution is -0.129. The largest absolute Gasteiger partial charge is 0.300 e. The van der Waals surface area contributed by atoms with Gasteiger partial charge in [0.1, 0.15) is 52.0 Å². The molecular formula is C105H173ClO18. The first-order valence-corrected chi connectivity index (χ1v) is 44.2. The normalized spacial score (nSPS) is 12.1. The molecule has 0 aromatic carbocycles. The van der Waals surface area contributed by atoms with E-state index in [1.54, 1.807) is 69.4 Å². The zero-order valence-corrected chi connectivity index (χ0v) is 85.7. The Morgan fingerprint density at radius 2 is 0.589 bits per heavy atom. The topological polar surface area (TPSA) is 307 Å². The second kappa shape index (κ2) is 68.2. The van der Waals surface area contributed by atoms with Crippen LogP contribution in [0.3, 0.4) is 0 Å². The second-order valence-electron chi connectivity index (χ2n) is 40.9. The van der Waals surface area contributed by atoms with Gasteiger partial charge in [0, 0.05) is 157 Å². The summed E-state index contributed by atoms with van der Waals surface area (Å²) in [4.78, 5) is 202. The highest BCUT2D eigenvalue weighted by Gasteiger charge is 2.28. The van der Waals surface area contributed by atoms with Crippen molar-refractivity contribution in [1.29, 1.82) is 0 Å². The number of rotatable bonds is 37. The quantitative estimate of drug-likeness (QED) is 0.0412. The maximum atomic E-state index is 11.6. The molecule has 18 nitrogen and oxygen atoms in total. The molecule has 1 rings (SSSR count). The first-order chi connectivity index (χ1) is 55.8. The average Bonchev–Trinajstić information content (AvgIpc) is 1.84. The van der Waals surface area contributed by atoms with Gasteiger partial charge in [-0.3, -0.25) is 86.3 Å². The summed E-state index contributed by atoms with van der Waals surface area (Å²) in [6, 6.07) is 0. The van der Waals surface area contributed by atoms with E-state index in [0.717, 1.165) is 17.6 Å². The predicted molar refractivity (Wildman–Crippen MR) is 514 cm³/mol. The van der Waals surface area contributed by atoms with Crippen LogP contribution in [0.4, 0.5) is 0 Å². The first-order valence-electron chi connectivity index (χ1n) is 43.7. The minimum atomic E-state index is -0.388. The van der Waals surface area contributed by atoms with Crippen molar-refractivity contribution in [3.63, 3.8) is 0 Å². The molecule has 1 aliphatic rings. The molecule has 0 aliphatic heterocycles. The van der Waals surface area contributed by atoms with Gasteiger partial charge in [-0.15, -0.1) is 11.6 Å². The van der Waals surface area contributed by atoms with E-state index in [0.29, 0.717) is 88.5 Å². The average molecular weight is 1760 g/mol. The summed E-state index contributed by atoms with van der Waals surface area (Å²) in [6.45, 7) is 78.0. The van der Waals surface area contributed by atoms with E-state index in [-0.39, 0.29) is 190 Å². The van der Waals surface area contributed by atoms with Gasteiger partial charge in [0.2, 0.25) is 0 Å². The first kappa shape index (κ1) is 134. The van der Waals surface area contributed by atoms with Gasteiger partial charge in [0.05, 0.1) is 5.88 Å². The van der Waals surface area contributed by atoms with Crippen LogP contribution in [-0.4, -0.2) is 110 Å². The molecule has 708 valence electrons. The molecule has 0 unspecified atom stereocenters. The smallest absolute Gasteiger partial charge is 0.160 e. The Labute approximate surface area is 758 Å². The van der Waals surface area contributed by atoms with Crippen molar-refractivity contribution in [2.45, 2.75) is 385 Å². The lowest BCUT2D eigenvalue weighted by Crippen LogP contribution is -2.20. The third kappa shape index (κ3) is 90.3. The molecule has 124 heavy (non-hydrogen) atoms. The van der Waals surface area contributed by atoms with Gasteiger partial charge < -0.3 is 0 Å². The fraction of sp³-hybridized carbons (Fsp3) is 0.657. The van der Waals surface area contributed by atoms with Gasteiger partial charge in [0.15, 0.2) is 52.0 Å². The molecule has 0 heterocycles. The molecule has 1 aliphatic carbocycles. The Bertz CT molecular complexity index is 3630. The Kier molecular flexibility index (Phi) is 73.7. The summed E-state index contributed by atoms with van der Waals surface area (Å²) < 4.78 is 0. The summed E-state index contributed by atoms with van der Waals surface area (Å²) in [7, 11) is 0. The van der Waals surface area contributed by atoms with Crippen molar-refractivity contribution in [2.24, 2.45) is 60.6 Å². The Morgan fingerprint density at radius 1 is 0.331 bits per heavy atom. The molecule has 1 saturated carbocycles. The van der Waals surface area contributed by atoms with Crippen LogP contribution >= 0.6 is 11.6 Å². The van der Waals surface area contributed by atoms with Crippen molar-refractivity contribution in [3.05, 3.63) is 109 Å². The summed E-state index contributed by atoms with van der Waals surface area (Å²) in [6.07, 6.45) is 29.6. The molecule has 0 saturated heterocycles. The lowest BCUT2D eigenvalue weighted by atomic mass is 9.87. The fourth-order valence-corrected chi connectivity index (χ4v) is 8.22. The maximum absolute atomic E-state index is 11.6. The monoisotopic (exact) mass is 1760 g/mol. The Balaban J connectivity index is -0.000000170. The Hall–Kier alpha value is -7.99. The van der Waals surface area contributed by atoms with Crippen molar-refractivity contribution >= 4 is 116 Å². The molecule has 0 bridgehead atoms. The van der Waals surface area contributed by atoms with Crippen molar-refractivity contribution in [1.82, 2.24) is 0 Å². The molecule has 0 aromatic rings. The molecule has 19 heteroatoms. The number of hydrogen-bond donors (Lipinski definition) is 0. The molecule has 0 spiro atoms. The van der Waals surface area contributed by atoms with Crippen LogP contribution in [-0.2, 0) is 86.3 Å². The highest BCUT2D eigenvalue weighted by atomic mass is 35.5. The van der Waals surface area contributed by atoms with Gasteiger partial charge in [-0.2, -0.15) is 0 Å². The number of halogens is 1. The number of allylic oxidation sites excluding steroid dienone is 16. The van der Waals surface area contributed by atoms with Crippen molar-refractivity contribution < 1.29 is 86.3 Å². The minimum Gasteiger partial charge on any atom is -0.300 e. The number of carbonyl (C=O) groups is 18. The van der Waals surface area contributed by atoms with E-state index in [1.807, 2.05) is 254 Å². The van der Waals surface area contributed by atoms with Gasteiger partial charge in [-0.25, -0.2) is 0 Å². The van der Waals surface area contributed by atoms with Crippen LogP contribution in [0, 0.1) is 60.6 Å². The second-order valence-corrected chi connectivity index (χ2v) is 41.2. The fourth-order valence-electron chi connectivity index (χ4n) is 7.91. The van der Waals surface area contributed by atoms with E-state index >= 15 is 0 Å². The predicted octanol–water partition coefficient (Wildman–Crippen LogP) is 25.0. The molecule has 0 atom stereocenters. The van der Waals surface area contributed by atoms with Gasteiger partial charge in [-0.1, -0.05) is 262 Å². The van der Waals surface area contributed by atoms with Gasteiger partial charge in [0.25, 0.3) is 0 Å². The molecule has 0 amide bonds. The third-order valence-electron chi connectivity index (χ3n) is 17.3. The highest BCUT2D eigenvalue weighted by molar-refractivity contribution is 6.27. The van der Waals surface area contributed by atoms with Crippen molar-refractivity contribution in [2.75, 3.05) is 5.88 Å². The van der Waals surface area contributed by atoms with Crippen LogP contribution in [0.2, 0.25) is 0 Å². The highest BCUT2D eigenvalue weighted by Crippen LogP contribution is 2.30. The van der Waals surface area contributed by atoms with Crippen LogP contribution in [0.5, 0.6) is 0 Å². The lowest BCUT2D eigenvalue weighted by Gasteiger charge is -2.15. The molecule has 0 aromatic heterocycles. The summed E-state index contributed by atoms with van der Waals surface area (Å²) in [5.74, 6) is 2.39. The van der Waals surface area contributed by atoms with Gasteiger partial charge in [-0.05, 0) is 135 Å². The maximum Gasteiger partial charge on any atom is 0.160 e. The molecular weight excluding hydrogens is 1580 g/mol. The van der Waals surface area contributed by atoms with Crippen LogP contribution in [0.15, 0.2) is 109 Å². The van der Waals surface area contributed by atoms with Crippen molar-refractivity contribution in [3.8, 4) is 0 Å². The van der Waals surface area contributed by atoms with Crippen LogP contribution < -0.4 is 0 Å². The van der Waals surface area contributed by atoms with E-state index in [9.17, 15) is 86.3 Å². The molecule has 0 N–H and O–H groups in total. The molecule has 0 radical (unpaired) electrons. The number of Topliss-reactive ketones (excluding diaryl/α,β-unsaturated/α-hetero) is 10. The van der Waals surface area contributed by atoms with E-state index in [2.05, 4.69) is 13.2 Å². The van der Waals surface area contributed by atoms with E-state index < -0.39 is 0 Å². The SMILES string of the molecule is C/C=C/C(=O)C(C)(C)C.C/C=C/C(=O)CCC(=O)C(C)(C)C.C/C=C/C(=O)CCC(=O)CCC(=O)C(C)(C)C.C=C(C)C(=O)CCC(=O)C(C)(C)C.C=CC(=O)CCC(=O)C(C)(C)C.CC(C)(C)C(=O)CCC(=O)/C=C/C1CC1.CC(C)=CC(=O)C(C)(C)C.CC(C)=CC(=O)CCC(=O)C(C)(C)C.CC(C)C(=O)CCl.CC/C=C/C(=O)CCC(=O)C(C)(C)C. The number of hydrogen-bond acceptors (Lipinski definition) is 18. The third-order valence-corrected chi connectivity index (χ3v) is 17.5. The van der Waals surface area contributed by atoms with E-state index in [4.69, 9.17) is 11.6 Å². The summed E-state index contributed by atoms with van der Waals surface area (Å²) in [5, 5.41) is 0. The number of ketones is 18. The molecule has 1 fully saturated rings. The zero-order chi connectivity index (χ0) is 100. The number of carbonyl (C=O) groups excluding carboxylic acids is 18. The zero-order valence-electron chi connectivity index (χ0n) is 84.9. The van der Waals surface area contributed by atoms with E-state index in [1.165, 1.54) is 31.1 Å². The minimum absolute atomic E-state index is 0.0135. The Morgan fingerprint density at radius 3 is 0.806 bits per heavy atom. The van der Waals surface area contributed by atoms with Crippen LogP contribution in [0.1, 0.15) is 385 Å². The summed E-state index contributed by atoms with van der Waals surface area (Å²) in [5.41, 5.74) is -0.210. The summed E-state index contributed by atoms with van der Waals surface area (Å²) >= 11 is 5.20.